The molecule has 1 aromatic carbocycles. The molecule has 0 aliphatic rings. The zero-order valence-electron chi connectivity index (χ0n) is 9.19. The van der Waals surface area contributed by atoms with Gasteiger partial charge in [-0.2, -0.15) is 13.2 Å². The Balaban J connectivity index is 3.45. The van der Waals surface area contributed by atoms with Crippen LogP contribution in [-0.2, 0) is 6.18 Å². The summed E-state index contributed by atoms with van der Waals surface area (Å²) in [5, 5.41) is -0.216. The summed E-state index contributed by atoms with van der Waals surface area (Å²) in [6.45, 7) is 2.78. The van der Waals surface area contributed by atoms with Crippen molar-refractivity contribution in [3.05, 3.63) is 28.3 Å². The number of ketones is 1. The molecule has 0 N–H and O–H groups in total. The molecule has 0 aliphatic heterocycles. The Hall–Kier alpha value is -1.23. The molecule has 0 aliphatic carbocycles. The van der Waals surface area contributed by atoms with Crippen molar-refractivity contribution in [2.45, 2.75) is 20.0 Å². The Kier molecular flexibility index (Phi) is 4.03. The molecule has 0 unspecified atom stereocenters. The van der Waals surface area contributed by atoms with Crippen molar-refractivity contribution in [2.24, 2.45) is 0 Å². The summed E-state index contributed by atoms with van der Waals surface area (Å²) in [5.41, 5.74) is -1.12. The lowest BCUT2D eigenvalue weighted by molar-refractivity contribution is -0.138. The predicted molar refractivity (Wildman–Crippen MR) is 57.6 cm³/mol. The molecule has 0 aromatic heterocycles. The molecule has 2 nitrogen and oxygen atoms in total. The molecule has 0 saturated heterocycles. The van der Waals surface area contributed by atoms with Crippen LogP contribution in [0.5, 0.6) is 5.75 Å². The number of hydrogen-bond donors (Lipinski definition) is 0. The number of Topliss-reactive ketones (excluding diaryl/α,β-unsaturated/α-hetero) is 1. The average Bonchev–Trinajstić information content (AvgIpc) is 2.18. The highest BCUT2D eigenvalue weighted by Gasteiger charge is 2.36. The monoisotopic (exact) mass is 266 g/mol. The summed E-state index contributed by atoms with van der Waals surface area (Å²) < 4.78 is 43.1. The zero-order valence-corrected chi connectivity index (χ0v) is 9.95. The Morgan fingerprint density at radius 1 is 1.41 bits per heavy atom. The summed E-state index contributed by atoms with van der Waals surface area (Å²) in [6.07, 6.45) is -4.61. The molecular weight excluding hydrogens is 257 g/mol. The molecule has 0 amide bonds. The van der Waals surface area contributed by atoms with Crippen molar-refractivity contribution < 1.29 is 22.7 Å². The summed E-state index contributed by atoms with van der Waals surface area (Å²) in [6, 6.07) is 1.92. The van der Waals surface area contributed by atoms with Gasteiger partial charge in [0.2, 0.25) is 0 Å². The Labute approximate surface area is 101 Å². The molecule has 17 heavy (non-hydrogen) atoms. The van der Waals surface area contributed by atoms with Crippen molar-refractivity contribution in [3.8, 4) is 5.75 Å². The highest BCUT2D eigenvalue weighted by Crippen LogP contribution is 2.41. The largest absolute Gasteiger partial charge is 0.492 e. The first-order valence-electron chi connectivity index (χ1n) is 4.81. The predicted octanol–water partition coefficient (Wildman–Crippen LogP) is 3.96. The molecule has 0 fully saturated rings. The molecule has 0 bridgehead atoms. The highest BCUT2D eigenvalue weighted by molar-refractivity contribution is 6.32. The van der Waals surface area contributed by atoms with Crippen LogP contribution in [0.3, 0.4) is 0 Å². The maximum Gasteiger partial charge on any atom is 0.420 e. The van der Waals surface area contributed by atoms with Gasteiger partial charge >= 0.3 is 6.18 Å². The lowest BCUT2D eigenvalue weighted by atomic mass is 10.1. The molecule has 0 radical (unpaired) electrons. The van der Waals surface area contributed by atoms with Gasteiger partial charge in [0, 0.05) is 5.56 Å². The zero-order chi connectivity index (χ0) is 13.2. The fraction of sp³-hybridized carbons (Fsp3) is 0.364. The van der Waals surface area contributed by atoms with Crippen molar-refractivity contribution >= 4 is 17.4 Å². The van der Waals surface area contributed by atoms with E-state index in [0.29, 0.717) is 0 Å². The molecular formula is C11H10ClF3O2. The van der Waals surface area contributed by atoms with E-state index in [1.807, 2.05) is 0 Å². The van der Waals surface area contributed by atoms with E-state index < -0.39 is 23.3 Å². The second-order valence-electron chi connectivity index (χ2n) is 3.32. The van der Waals surface area contributed by atoms with Gasteiger partial charge in [0.05, 0.1) is 17.2 Å². The van der Waals surface area contributed by atoms with Crippen LogP contribution in [0, 0.1) is 0 Å². The average molecular weight is 267 g/mol. The molecule has 0 heterocycles. The second-order valence-corrected chi connectivity index (χ2v) is 3.73. The van der Waals surface area contributed by atoms with Gasteiger partial charge < -0.3 is 4.74 Å². The Morgan fingerprint density at radius 3 is 2.41 bits per heavy atom. The number of alkyl halides is 3. The van der Waals surface area contributed by atoms with Crippen molar-refractivity contribution in [1.82, 2.24) is 0 Å². The first kappa shape index (κ1) is 13.8. The molecule has 94 valence electrons. The minimum atomic E-state index is -4.61. The first-order chi connectivity index (χ1) is 7.77. The summed E-state index contributed by atoms with van der Waals surface area (Å²) in [5.74, 6) is -0.924. The van der Waals surface area contributed by atoms with E-state index in [-0.39, 0.29) is 17.2 Å². The number of hydrogen-bond acceptors (Lipinski definition) is 2. The molecule has 0 spiro atoms. The second kappa shape index (κ2) is 4.96. The van der Waals surface area contributed by atoms with Crippen LogP contribution in [0.4, 0.5) is 13.2 Å². The van der Waals surface area contributed by atoms with Crippen LogP contribution in [0.2, 0.25) is 5.02 Å². The van der Waals surface area contributed by atoms with Crippen LogP contribution in [-0.4, -0.2) is 12.4 Å². The topological polar surface area (TPSA) is 26.3 Å². The van der Waals surface area contributed by atoms with Gasteiger partial charge in [-0.1, -0.05) is 11.6 Å². The standard InChI is InChI=1S/C11H10ClF3O2/c1-3-17-10-8(11(13,14)15)4-7(6(2)16)5-9(10)12/h4-5H,3H2,1-2H3. The summed E-state index contributed by atoms with van der Waals surface area (Å²) in [7, 11) is 0. The van der Waals surface area contributed by atoms with Crippen molar-refractivity contribution in [3.63, 3.8) is 0 Å². The van der Waals surface area contributed by atoms with Crippen molar-refractivity contribution in [1.29, 1.82) is 0 Å². The van der Waals surface area contributed by atoms with Gasteiger partial charge in [-0.15, -0.1) is 0 Å². The molecule has 6 heteroatoms. The maximum absolute atomic E-state index is 12.7. The minimum Gasteiger partial charge on any atom is -0.492 e. The van der Waals surface area contributed by atoms with Gasteiger partial charge in [-0.3, -0.25) is 4.79 Å². The highest BCUT2D eigenvalue weighted by atomic mass is 35.5. The number of rotatable bonds is 3. The Bertz CT molecular complexity index is 441. The third-order valence-corrected chi connectivity index (χ3v) is 2.32. The van der Waals surface area contributed by atoms with Crippen LogP contribution in [0.25, 0.3) is 0 Å². The third kappa shape index (κ3) is 3.12. The van der Waals surface area contributed by atoms with E-state index >= 15 is 0 Å². The van der Waals surface area contributed by atoms with E-state index in [4.69, 9.17) is 16.3 Å². The molecule has 1 rings (SSSR count). The minimum absolute atomic E-state index is 0.0578. The lowest BCUT2D eigenvalue weighted by Gasteiger charge is -2.15. The molecule has 0 atom stereocenters. The number of halogens is 4. The summed E-state index contributed by atoms with van der Waals surface area (Å²) in [4.78, 5) is 11.1. The summed E-state index contributed by atoms with van der Waals surface area (Å²) >= 11 is 5.69. The molecule has 1 aromatic rings. The molecule has 0 saturated carbocycles. The van der Waals surface area contributed by atoms with E-state index in [9.17, 15) is 18.0 Å². The van der Waals surface area contributed by atoms with Gasteiger partial charge in [0.25, 0.3) is 0 Å². The number of ether oxygens (including phenoxy) is 1. The van der Waals surface area contributed by atoms with Gasteiger partial charge in [-0.25, -0.2) is 0 Å². The fourth-order valence-electron chi connectivity index (χ4n) is 1.30. The first-order valence-corrected chi connectivity index (χ1v) is 5.19. The number of carbonyl (C=O) groups excluding carboxylic acids is 1. The SMILES string of the molecule is CCOc1c(Cl)cc(C(C)=O)cc1C(F)(F)F. The smallest absolute Gasteiger partial charge is 0.420 e. The Morgan fingerprint density at radius 2 is 2.00 bits per heavy atom. The van der Waals surface area contributed by atoms with E-state index in [1.165, 1.54) is 13.0 Å². The number of carbonyl (C=O) groups is 1. The number of benzene rings is 1. The van der Waals surface area contributed by atoms with Gasteiger partial charge in [0.15, 0.2) is 5.78 Å². The van der Waals surface area contributed by atoms with Crippen LogP contribution < -0.4 is 4.74 Å². The van der Waals surface area contributed by atoms with Gasteiger partial charge in [0.1, 0.15) is 5.75 Å². The third-order valence-electron chi connectivity index (χ3n) is 2.04. The van der Waals surface area contributed by atoms with Gasteiger partial charge in [-0.05, 0) is 26.0 Å². The maximum atomic E-state index is 12.7. The van der Waals surface area contributed by atoms with E-state index in [2.05, 4.69) is 0 Å². The normalized spacial score (nSPS) is 11.4. The van der Waals surface area contributed by atoms with Crippen molar-refractivity contribution in [2.75, 3.05) is 6.61 Å². The van der Waals surface area contributed by atoms with Crippen LogP contribution >= 0.6 is 11.6 Å². The van der Waals surface area contributed by atoms with E-state index in [1.54, 1.807) is 6.92 Å². The lowest BCUT2D eigenvalue weighted by Crippen LogP contribution is -2.11. The van der Waals surface area contributed by atoms with Crippen LogP contribution in [0.1, 0.15) is 29.8 Å². The quantitative estimate of drug-likeness (QED) is 0.774. The van der Waals surface area contributed by atoms with E-state index in [0.717, 1.165) is 6.07 Å². The van der Waals surface area contributed by atoms with Crippen LogP contribution in [0.15, 0.2) is 12.1 Å². The fourth-order valence-corrected chi connectivity index (χ4v) is 1.57.